The lowest BCUT2D eigenvalue weighted by Gasteiger charge is -2.32. The number of anilines is 2. The molecule has 0 unspecified atom stereocenters. The Labute approximate surface area is 162 Å². The molecule has 1 aliphatic heterocycles. The highest BCUT2D eigenvalue weighted by atomic mass is 79.9. The minimum Gasteiger partial charge on any atom is -0.311 e. The first-order valence-electron chi connectivity index (χ1n) is 8.53. The van der Waals surface area contributed by atoms with Crippen LogP contribution in [0.25, 0.3) is 0 Å². The van der Waals surface area contributed by atoms with Gasteiger partial charge in [0.25, 0.3) is 11.8 Å². The largest absolute Gasteiger partial charge is 0.311 e. The van der Waals surface area contributed by atoms with E-state index < -0.39 is 0 Å². The molecular weight excluding hydrogens is 394 g/mol. The van der Waals surface area contributed by atoms with Crippen LogP contribution in [0.4, 0.5) is 11.4 Å². The Hall–Kier alpha value is -2.18. The Balaban J connectivity index is 2.12. The van der Waals surface area contributed by atoms with E-state index in [0.717, 1.165) is 17.4 Å². The van der Waals surface area contributed by atoms with Crippen molar-refractivity contribution in [1.29, 1.82) is 0 Å². The van der Waals surface area contributed by atoms with Gasteiger partial charge in [-0.2, -0.15) is 0 Å². The normalized spacial score (nSPS) is 14.2. The number of para-hydroxylation sites is 1. The minimum absolute atomic E-state index is 0.0812. The second-order valence-electron chi connectivity index (χ2n) is 6.66. The van der Waals surface area contributed by atoms with Crippen LogP contribution in [0.3, 0.4) is 0 Å². The maximum Gasteiger partial charge on any atom is 0.260 e. The average molecular weight is 416 g/mol. The van der Waals surface area contributed by atoms with Gasteiger partial charge in [-0.3, -0.25) is 9.59 Å². The van der Waals surface area contributed by atoms with Gasteiger partial charge in [0.2, 0.25) is 0 Å². The Kier molecular flexibility index (Phi) is 5.44. The third-order valence-electron chi connectivity index (χ3n) is 4.51. The zero-order valence-electron chi connectivity index (χ0n) is 15.2. The number of benzene rings is 2. The minimum atomic E-state index is -0.126. The molecule has 6 heteroatoms. The summed E-state index contributed by atoms with van der Waals surface area (Å²) in [6.07, 6.45) is 0.820. The van der Waals surface area contributed by atoms with Gasteiger partial charge in [-0.25, -0.2) is 0 Å². The van der Waals surface area contributed by atoms with Crippen molar-refractivity contribution in [2.24, 2.45) is 0 Å². The van der Waals surface area contributed by atoms with E-state index >= 15 is 0 Å². The summed E-state index contributed by atoms with van der Waals surface area (Å²) in [5.74, 6) is -0.207. The first-order valence-corrected chi connectivity index (χ1v) is 9.32. The molecule has 136 valence electrons. The quantitative estimate of drug-likeness (QED) is 0.765. The number of carbonyl (C=O) groups is 2. The SMILES string of the molecule is CN(C)CCCN1C(=O)c2ccccc2N(C)C(=O)c2cc(Br)ccc21. The maximum atomic E-state index is 13.3. The number of fused-ring (bicyclic) bond motifs is 2. The van der Waals surface area contributed by atoms with Crippen LogP contribution in [-0.2, 0) is 0 Å². The fourth-order valence-corrected chi connectivity index (χ4v) is 3.53. The monoisotopic (exact) mass is 415 g/mol. The molecule has 2 aromatic rings. The first-order chi connectivity index (χ1) is 12.4. The van der Waals surface area contributed by atoms with E-state index in [9.17, 15) is 9.59 Å². The predicted octanol–water partition coefficient (Wildman–Crippen LogP) is 3.64. The van der Waals surface area contributed by atoms with Crippen molar-refractivity contribution in [3.05, 3.63) is 58.1 Å². The number of nitrogens with zero attached hydrogens (tertiary/aromatic N) is 3. The van der Waals surface area contributed by atoms with Crippen LogP contribution in [0.2, 0.25) is 0 Å². The molecule has 0 bridgehead atoms. The molecule has 0 saturated heterocycles. The van der Waals surface area contributed by atoms with E-state index in [4.69, 9.17) is 0 Å². The van der Waals surface area contributed by atoms with Crippen molar-refractivity contribution in [1.82, 2.24) is 4.90 Å². The summed E-state index contributed by atoms with van der Waals surface area (Å²) in [6, 6.07) is 12.8. The molecule has 2 amide bonds. The molecule has 0 N–H and O–H groups in total. The first kappa shape index (κ1) is 18.6. The van der Waals surface area contributed by atoms with E-state index in [0.29, 0.717) is 29.0 Å². The number of halogens is 1. The van der Waals surface area contributed by atoms with Gasteiger partial charge in [0.05, 0.1) is 22.5 Å². The molecule has 2 aromatic carbocycles. The highest BCUT2D eigenvalue weighted by Crippen LogP contribution is 2.33. The van der Waals surface area contributed by atoms with Crippen LogP contribution in [0.15, 0.2) is 46.9 Å². The highest BCUT2D eigenvalue weighted by Gasteiger charge is 2.31. The summed E-state index contributed by atoms with van der Waals surface area (Å²) in [6.45, 7) is 1.42. The van der Waals surface area contributed by atoms with Crippen LogP contribution >= 0.6 is 15.9 Å². The van der Waals surface area contributed by atoms with Crippen LogP contribution in [0, 0.1) is 0 Å². The van der Waals surface area contributed by atoms with Gasteiger partial charge in [-0.15, -0.1) is 0 Å². The van der Waals surface area contributed by atoms with Crippen molar-refractivity contribution in [2.45, 2.75) is 6.42 Å². The van der Waals surface area contributed by atoms with Crippen molar-refractivity contribution < 1.29 is 9.59 Å². The Morgan fingerprint density at radius 3 is 2.42 bits per heavy atom. The summed E-state index contributed by atoms with van der Waals surface area (Å²) < 4.78 is 0.813. The molecule has 0 aliphatic carbocycles. The standard InChI is InChI=1S/C20H22BrN3O2/c1-22(2)11-6-12-24-18-10-9-14(21)13-16(18)19(25)23(3)17-8-5-4-7-15(17)20(24)26/h4-5,7-10,13H,6,11-12H2,1-3H3. The van der Waals surface area contributed by atoms with Crippen molar-refractivity contribution in [3.8, 4) is 0 Å². The Morgan fingerprint density at radius 2 is 1.69 bits per heavy atom. The molecule has 0 saturated carbocycles. The van der Waals surface area contributed by atoms with Crippen LogP contribution in [0.1, 0.15) is 27.1 Å². The highest BCUT2D eigenvalue weighted by molar-refractivity contribution is 9.10. The zero-order valence-corrected chi connectivity index (χ0v) is 16.8. The molecule has 1 heterocycles. The summed E-state index contributed by atoms with van der Waals surface area (Å²) in [4.78, 5) is 31.8. The van der Waals surface area contributed by atoms with E-state index in [-0.39, 0.29) is 11.8 Å². The lowest BCUT2D eigenvalue weighted by Crippen LogP contribution is -2.40. The van der Waals surface area contributed by atoms with Gasteiger partial charge in [0, 0.05) is 18.1 Å². The molecule has 0 radical (unpaired) electrons. The molecule has 0 spiro atoms. The number of amides is 2. The van der Waals surface area contributed by atoms with Gasteiger partial charge < -0.3 is 14.7 Å². The van der Waals surface area contributed by atoms with E-state index in [2.05, 4.69) is 20.8 Å². The molecule has 0 fully saturated rings. The average Bonchev–Trinajstić information content (AvgIpc) is 2.63. The van der Waals surface area contributed by atoms with Gasteiger partial charge in [0.15, 0.2) is 0 Å². The van der Waals surface area contributed by atoms with E-state index in [1.807, 2.05) is 44.4 Å². The lowest BCUT2D eigenvalue weighted by atomic mass is 10.0. The van der Waals surface area contributed by atoms with Gasteiger partial charge in [-0.1, -0.05) is 28.1 Å². The molecule has 0 atom stereocenters. The van der Waals surface area contributed by atoms with Gasteiger partial charge in [-0.05, 0) is 57.4 Å². The predicted molar refractivity (Wildman–Crippen MR) is 108 cm³/mol. The van der Waals surface area contributed by atoms with Crippen LogP contribution < -0.4 is 9.80 Å². The van der Waals surface area contributed by atoms with E-state index in [1.54, 1.807) is 29.0 Å². The molecule has 5 nitrogen and oxygen atoms in total. The molecule has 26 heavy (non-hydrogen) atoms. The van der Waals surface area contributed by atoms with Gasteiger partial charge >= 0.3 is 0 Å². The van der Waals surface area contributed by atoms with Gasteiger partial charge in [0.1, 0.15) is 0 Å². The fraction of sp³-hybridized carbons (Fsp3) is 0.300. The number of carbonyl (C=O) groups excluding carboxylic acids is 2. The molecule has 3 rings (SSSR count). The third kappa shape index (κ3) is 3.52. The van der Waals surface area contributed by atoms with E-state index in [1.165, 1.54) is 0 Å². The van der Waals surface area contributed by atoms with Crippen molar-refractivity contribution >= 4 is 39.1 Å². The Bertz CT molecular complexity index is 851. The number of rotatable bonds is 4. The number of hydrogen-bond acceptors (Lipinski definition) is 3. The lowest BCUT2D eigenvalue weighted by molar-refractivity contribution is 0.0976. The van der Waals surface area contributed by atoms with Crippen molar-refractivity contribution in [2.75, 3.05) is 44.0 Å². The molecule has 0 aromatic heterocycles. The van der Waals surface area contributed by atoms with Crippen molar-refractivity contribution in [3.63, 3.8) is 0 Å². The summed E-state index contributed by atoms with van der Waals surface area (Å²) >= 11 is 3.44. The summed E-state index contributed by atoms with van der Waals surface area (Å²) in [5.41, 5.74) is 2.35. The molecule has 1 aliphatic rings. The van der Waals surface area contributed by atoms with Crippen LogP contribution in [0.5, 0.6) is 0 Å². The smallest absolute Gasteiger partial charge is 0.260 e. The second kappa shape index (κ2) is 7.60. The zero-order chi connectivity index (χ0) is 18.8. The number of hydrogen-bond donors (Lipinski definition) is 0. The fourth-order valence-electron chi connectivity index (χ4n) is 3.17. The Morgan fingerprint density at radius 1 is 0.962 bits per heavy atom. The topological polar surface area (TPSA) is 43.9 Å². The second-order valence-corrected chi connectivity index (χ2v) is 7.57. The summed E-state index contributed by atoms with van der Waals surface area (Å²) in [5, 5.41) is 0. The third-order valence-corrected chi connectivity index (χ3v) is 5.01. The molecular formula is C20H22BrN3O2. The summed E-state index contributed by atoms with van der Waals surface area (Å²) in [7, 11) is 5.73. The maximum absolute atomic E-state index is 13.3. The van der Waals surface area contributed by atoms with Crippen LogP contribution in [-0.4, -0.2) is 50.9 Å².